The Morgan fingerprint density at radius 3 is 2.38 bits per heavy atom. The van der Waals surface area contributed by atoms with E-state index in [0.717, 1.165) is 12.5 Å². The summed E-state index contributed by atoms with van der Waals surface area (Å²) in [7, 11) is 1.79. The van der Waals surface area contributed by atoms with Gasteiger partial charge in [-0.05, 0) is 59.8 Å². The number of hydrogen-bond acceptors (Lipinski definition) is 2. The van der Waals surface area contributed by atoms with Gasteiger partial charge in [-0.25, -0.2) is 0 Å². The van der Waals surface area contributed by atoms with Crippen LogP contribution in [-0.2, 0) is 4.74 Å². The summed E-state index contributed by atoms with van der Waals surface area (Å²) in [6.07, 6.45) is 3.84. The number of rotatable bonds is 4. The molecule has 0 spiro atoms. The lowest BCUT2D eigenvalue weighted by Crippen LogP contribution is -2.50. The van der Waals surface area contributed by atoms with Crippen LogP contribution in [0.1, 0.15) is 53.9 Å². The van der Waals surface area contributed by atoms with Crippen LogP contribution in [0, 0.1) is 5.92 Å². The van der Waals surface area contributed by atoms with Crippen molar-refractivity contribution in [2.75, 3.05) is 20.3 Å². The molecule has 16 heavy (non-hydrogen) atoms. The van der Waals surface area contributed by atoms with E-state index in [0.29, 0.717) is 11.1 Å². The molecule has 1 saturated heterocycles. The molecule has 0 aromatic heterocycles. The summed E-state index contributed by atoms with van der Waals surface area (Å²) in [5.41, 5.74) is 0.648. The molecule has 0 aliphatic carbocycles. The predicted molar refractivity (Wildman–Crippen MR) is 69.8 cm³/mol. The first-order valence-electron chi connectivity index (χ1n) is 6.54. The Labute approximate surface area is 101 Å². The summed E-state index contributed by atoms with van der Waals surface area (Å²) >= 11 is 0. The number of hydrogen-bond donors (Lipinski definition) is 0. The molecule has 0 bridgehead atoms. The Bertz CT molecular complexity index is 217. The van der Waals surface area contributed by atoms with Crippen molar-refractivity contribution in [1.29, 1.82) is 0 Å². The first-order valence-corrected chi connectivity index (χ1v) is 6.54. The molecule has 0 aromatic carbocycles. The number of ether oxygens (including phenoxy) is 1. The summed E-state index contributed by atoms with van der Waals surface area (Å²) in [5, 5.41) is 0. The summed E-state index contributed by atoms with van der Waals surface area (Å²) < 4.78 is 5.13. The fraction of sp³-hybridized carbons (Fsp3) is 1.00. The van der Waals surface area contributed by atoms with Crippen molar-refractivity contribution in [1.82, 2.24) is 4.90 Å². The molecule has 2 heteroatoms. The zero-order valence-corrected chi connectivity index (χ0v) is 12.0. The lowest BCUT2D eigenvalue weighted by Gasteiger charge is -2.42. The maximum atomic E-state index is 5.13. The largest absolute Gasteiger partial charge is 0.385 e. The normalized spacial score (nSPS) is 26.2. The molecule has 1 aliphatic rings. The molecule has 1 heterocycles. The Kier molecular flexibility index (Phi) is 4.42. The van der Waals surface area contributed by atoms with E-state index in [9.17, 15) is 0 Å². The first kappa shape index (κ1) is 14.0. The Balaban J connectivity index is 2.51. The molecule has 1 fully saturated rings. The summed E-state index contributed by atoms with van der Waals surface area (Å²) in [4.78, 5) is 2.66. The van der Waals surface area contributed by atoms with Crippen molar-refractivity contribution in [3.63, 3.8) is 0 Å². The standard InChI is InChI=1S/C14H29NO/c1-13(2,3)15-11-12(8-7-9-16-6)10-14(15,4)5/h12H,7-11H2,1-6H3/t12-/m1/s1. The summed E-state index contributed by atoms with van der Waals surface area (Å²) in [6.45, 7) is 13.9. The fourth-order valence-electron chi connectivity index (χ4n) is 3.28. The molecular weight excluding hydrogens is 198 g/mol. The van der Waals surface area contributed by atoms with Gasteiger partial charge in [-0.2, -0.15) is 0 Å². The summed E-state index contributed by atoms with van der Waals surface area (Å²) in [6, 6.07) is 0. The highest BCUT2D eigenvalue weighted by Gasteiger charge is 2.42. The van der Waals surface area contributed by atoms with Crippen LogP contribution in [0.15, 0.2) is 0 Å². The van der Waals surface area contributed by atoms with Gasteiger partial charge < -0.3 is 4.74 Å². The number of nitrogens with zero attached hydrogens (tertiary/aromatic N) is 1. The SMILES string of the molecule is COCCC[C@H]1CN(C(C)(C)C)C(C)(C)C1. The van der Waals surface area contributed by atoms with Gasteiger partial charge in [-0.1, -0.05) is 0 Å². The van der Waals surface area contributed by atoms with Crippen LogP contribution in [0.3, 0.4) is 0 Å². The minimum absolute atomic E-state index is 0.291. The molecule has 0 unspecified atom stereocenters. The van der Waals surface area contributed by atoms with Crippen LogP contribution >= 0.6 is 0 Å². The third-order valence-corrected chi connectivity index (χ3v) is 3.73. The second-order valence-corrected chi connectivity index (χ2v) is 6.80. The average molecular weight is 227 g/mol. The molecule has 0 amide bonds. The fourth-order valence-corrected chi connectivity index (χ4v) is 3.28. The minimum Gasteiger partial charge on any atom is -0.385 e. The monoisotopic (exact) mass is 227 g/mol. The van der Waals surface area contributed by atoms with Gasteiger partial charge in [0.05, 0.1) is 0 Å². The van der Waals surface area contributed by atoms with Crippen LogP contribution in [0.5, 0.6) is 0 Å². The Morgan fingerprint density at radius 2 is 1.94 bits per heavy atom. The second-order valence-electron chi connectivity index (χ2n) is 6.80. The molecule has 96 valence electrons. The third-order valence-electron chi connectivity index (χ3n) is 3.73. The van der Waals surface area contributed by atoms with E-state index in [1.165, 1.54) is 25.8 Å². The topological polar surface area (TPSA) is 12.5 Å². The molecule has 0 radical (unpaired) electrons. The van der Waals surface area contributed by atoms with Gasteiger partial charge in [0.15, 0.2) is 0 Å². The van der Waals surface area contributed by atoms with Crippen LogP contribution in [0.25, 0.3) is 0 Å². The van der Waals surface area contributed by atoms with Gasteiger partial charge >= 0.3 is 0 Å². The molecule has 1 rings (SSSR count). The Hall–Kier alpha value is -0.0800. The van der Waals surface area contributed by atoms with E-state index in [1.807, 2.05) is 0 Å². The van der Waals surface area contributed by atoms with Crippen molar-refractivity contribution < 1.29 is 4.74 Å². The molecule has 2 nitrogen and oxygen atoms in total. The maximum Gasteiger partial charge on any atom is 0.0462 e. The van der Waals surface area contributed by atoms with E-state index in [-0.39, 0.29) is 0 Å². The number of likely N-dealkylation sites (tertiary alicyclic amines) is 1. The second kappa shape index (κ2) is 5.05. The number of methoxy groups -OCH3 is 1. The lowest BCUT2D eigenvalue weighted by atomic mass is 9.92. The van der Waals surface area contributed by atoms with Gasteiger partial charge in [0.25, 0.3) is 0 Å². The van der Waals surface area contributed by atoms with Gasteiger partial charge in [0.2, 0.25) is 0 Å². The molecule has 0 N–H and O–H groups in total. The van der Waals surface area contributed by atoms with Crippen LogP contribution in [0.2, 0.25) is 0 Å². The van der Waals surface area contributed by atoms with Gasteiger partial charge in [0, 0.05) is 31.3 Å². The smallest absolute Gasteiger partial charge is 0.0462 e. The van der Waals surface area contributed by atoms with Crippen molar-refractivity contribution >= 4 is 0 Å². The highest BCUT2D eigenvalue weighted by atomic mass is 16.5. The molecule has 1 aliphatic heterocycles. The van der Waals surface area contributed by atoms with Crippen molar-refractivity contribution in [2.45, 2.75) is 65.0 Å². The van der Waals surface area contributed by atoms with Gasteiger partial charge in [0.1, 0.15) is 0 Å². The molecule has 0 saturated carbocycles. The first-order chi connectivity index (χ1) is 7.27. The van der Waals surface area contributed by atoms with Crippen LogP contribution in [-0.4, -0.2) is 36.2 Å². The lowest BCUT2D eigenvalue weighted by molar-refractivity contribution is 0.0668. The van der Waals surface area contributed by atoms with Gasteiger partial charge in [-0.3, -0.25) is 4.90 Å². The van der Waals surface area contributed by atoms with E-state index < -0.39 is 0 Å². The van der Waals surface area contributed by atoms with Crippen molar-refractivity contribution in [3.05, 3.63) is 0 Å². The van der Waals surface area contributed by atoms with E-state index in [2.05, 4.69) is 39.5 Å². The zero-order valence-electron chi connectivity index (χ0n) is 12.0. The van der Waals surface area contributed by atoms with Crippen LogP contribution < -0.4 is 0 Å². The Morgan fingerprint density at radius 1 is 1.31 bits per heavy atom. The van der Waals surface area contributed by atoms with E-state index >= 15 is 0 Å². The minimum atomic E-state index is 0.291. The molecule has 0 aromatic rings. The van der Waals surface area contributed by atoms with E-state index in [4.69, 9.17) is 4.74 Å². The maximum absolute atomic E-state index is 5.13. The highest BCUT2D eigenvalue weighted by Crippen LogP contribution is 2.39. The quantitative estimate of drug-likeness (QED) is 0.683. The van der Waals surface area contributed by atoms with E-state index in [1.54, 1.807) is 7.11 Å². The van der Waals surface area contributed by atoms with Crippen molar-refractivity contribution in [3.8, 4) is 0 Å². The summed E-state index contributed by atoms with van der Waals surface area (Å²) in [5.74, 6) is 0.851. The third kappa shape index (κ3) is 3.46. The van der Waals surface area contributed by atoms with Crippen molar-refractivity contribution in [2.24, 2.45) is 5.92 Å². The van der Waals surface area contributed by atoms with Crippen LogP contribution in [0.4, 0.5) is 0 Å². The molecular formula is C14H29NO. The van der Waals surface area contributed by atoms with Gasteiger partial charge in [-0.15, -0.1) is 0 Å². The predicted octanol–water partition coefficient (Wildman–Crippen LogP) is 3.31. The zero-order chi connectivity index (χ0) is 12.4. The average Bonchev–Trinajstić information content (AvgIpc) is 2.41. The molecule has 1 atom stereocenters. The highest BCUT2D eigenvalue weighted by molar-refractivity contribution is 4.98.